The highest BCUT2D eigenvalue weighted by atomic mass is 16.5. The van der Waals surface area contributed by atoms with E-state index < -0.39 is 10.9 Å². The number of hydrogen-bond donors (Lipinski definition) is 3. The van der Waals surface area contributed by atoms with Gasteiger partial charge in [-0.25, -0.2) is 0 Å². The van der Waals surface area contributed by atoms with Gasteiger partial charge in [-0.3, -0.25) is 9.59 Å². The van der Waals surface area contributed by atoms with Gasteiger partial charge in [-0.2, -0.15) is 9.97 Å². The van der Waals surface area contributed by atoms with Crippen LogP contribution in [0.5, 0.6) is 5.75 Å². The van der Waals surface area contributed by atoms with Gasteiger partial charge in [-0.05, 0) is 56.9 Å². The lowest BCUT2D eigenvalue weighted by molar-refractivity contribution is 0.340. The van der Waals surface area contributed by atoms with E-state index in [9.17, 15) is 9.59 Å². The zero-order valence-corrected chi connectivity index (χ0v) is 20.7. The summed E-state index contributed by atoms with van der Waals surface area (Å²) in [6.45, 7) is 7.52. The Morgan fingerprint density at radius 3 is 2.17 bits per heavy atom. The molecular weight excluding hydrogens is 458 g/mol. The number of ether oxygens (including phenoxy) is 1. The summed E-state index contributed by atoms with van der Waals surface area (Å²) in [6, 6.07) is 9.28. The normalized spacial score (nSPS) is 15.5. The van der Waals surface area contributed by atoms with Crippen LogP contribution in [0.15, 0.2) is 39.9 Å². The lowest BCUT2D eigenvalue weighted by Crippen LogP contribution is -2.37. The molecule has 36 heavy (non-hydrogen) atoms. The smallest absolute Gasteiger partial charge is 0.253 e. The lowest BCUT2D eigenvalue weighted by atomic mass is 10.1. The van der Waals surface area contributed by atoms with E-state index in [1.165, 1.54) is 25.7 Å². The molecule has 2 saturated heterocycles. The fourth-order valence-electron chi connectivity index (χ4n) is 4.68. The molecule has 2 aliphatic heterocycles. The Kier molecular flexibility index (Phi) is 7.20. The van der Waals surface area contributed by atoms with Crippen LogP contribution in [0.1, 0.15) is 32.6 Å². The second-order valence-corrected chi connectivity index (χ2v) is 9.14. The first-order valence-electron chi connectivity index (χ1n) is 12.8. The van der Waals surface area contributed by atoms with Crippen molar-refractivity contribution in [1.29, 1.82) is 0 Å². The van der Waals surface area contributed by atoms with Crippen molar-refractivity contribution >= 4 is 34.6 Å². The first-order valence-corrected chi connectivity index (χ1v) is 12.8. The molecule has 190 valence electrons. The fraction of sp³-hybridized carbons (Fsp3) is 0.462. The summed E-state index contributed by atoms with van der Waals surface area (Å²) in [5.74, 6) is 3.26. The van der Waals surface area contributed by atoms with Crippen molar-refractivity contribution in [3.63, 3.8) is 0 Å². The van der Waals surface area contributed by atoms with E-state index in [0.29, 0.717) is 31.1 Å². The molecule has 0 saturated carbocycles. The molecule has 10 nitrogen and oxygen atoms in total. The first kappa shape index (κ1) is 23.9. The predicted octanol–water partition coefficient (Wildman–Crippen LogP) is 2.94. The van der Waals surface area contributed by atoms with E-state index in [-0.39, 0.29) is 0 Å². The number of rotatable bonds is 11. The van der Waals surface area contributed by atoms with Gasteiger partial charge in [-0.1, -0.05) is 0 Å². The Balaban J connectivity index is 1.20. The average molecular weight is 492 g/mol. The third kappa shape index (κ3) is 5.22. The third-order valence-corrected chi connectivity index (χ3v) is 6.60. The molecular formula is C26H33N7O3. The van der Waals surface area contributed by atoms with E-state index in [1.807, 2.05) is 37.3 Å². The van der Waals surface area contributed by atoms with Gasteiger partial charge in [0.15, 0.2) is 0 Å². The molecule has 1 aromatic heterocycles. The summed E-state index contributed by atoms with van der Waals surface area (Å²) in [6.07, 6.45) is 4.70. The van der Waals surface area contributed by atoms with Gasteiger partial charge in [0, 0.05) is 51.0 Å². The molecule has 0 bridgehead atoms. The molecule has 2 aromatic carbocycles. The molecule has 0 spiro atoms. The van der Waals surface area contributed by atoms with Crippen molar-refractivity contribution < 1.29 is 4.74 Å². The molecule has 0 atom stereocenters. The van der Waals surface area contributed by atoms with Crippen LogP contribution in [0.3, 0.4) is 0 Å². The summed E-state index contributed by atoms with van der Waals surface area (Å²) in [4.78, 5) is 38.5. The van der Waals surface area contributed by atoms with Crippen molar-refractivity contribution in [3.05, 3.63) is 50.8 Å². The van der Waals surface area contributed by atoms with E-state index in [1.54, 1.807) is 0 Å². The summed E-state index contributed by atoms with van der Waals surface area (Å²) in [7, 11) is 0. The van der Waals surface area contributed by atoms with E-state index in [4.69, 9.17) is 14.7 Å². The van der Waals surface area contributed by atoms with Gasteiger partial charge < -0.3 is 30.5 Å². The van der Waals surface area contributed by atoms with Crippen LogP contribution in [0, 0.1) is 0 Å². The van der Waals surface area contributed by atoms with Crippen LogP contribution in [0.4, 0.5) is 34.6 Å². The number of aromatic nitrogens is 2. The number of benzene rings is 1. The minimum Gasteiger partial charge on any atom is -0.494 e. The topological polar surface area (TPSA) is 112 Å². The zero-order chi connectivity index (χ0) is 24.9. The Labute approximate surface area is 210 Å². The van der Waals surface area contributed by atoms with Crippen molar-refractivity contribution in [3.8, 4) is 5.75 Å². The maximum atomic E-state index is 12.2. The Morgan fingerprint density at radius 1 is 0.833 bits per heavy atom. The molecule has 2 aliphatic rings. The maximum absolute atomic E-state index is 12.2. The molecule has 0 unspecified atom stereocenters. The predicted molar refractivity (Wildman–Crippen MR) is 144 cm³/mol. The first-order chi connectivity index (χ1) is 17.6. The molecule has 0 radical (unpaired) electrons. The van der Waals surface area contributed by atoms with E-state index >= 15 is 0 Å². The number of anilines is 6. The second-order valence-electron chi connectivity index (χ2n) is 9.14. The summed E-state index contributed by atoms with van der Waals surface area (Å²) in [5, 5.41) is 9.52. The van der Waals surface area contributed by atoms with Crippen LogP contribution in [0.25, 0.3) is 0 Å². The van der Waals surface area contributed by atoms with Gasteiger partial charge in [0.25, 0.3) is 10.9 Å². The van der Waals surface area contributed by atoms with Gasteiger partial charge in [0.05, 0.1) is 6.61 Å². The lowest BCUT2D eigenvalue weighted by Gasteiger charge is -2.22. The molecule has 0 amide bonds. The number of nitrogens with zero attached hydrogens (tertiary/aromatic N) is 4. The van der Waals surface area contributed by atoms with Crippen LogP contribution in [-0.2, 0) is 0 Å². The number of hydrogen-bond acceptors (Lipinski definition) is 10. The highest BCUT2D eigenvalue weighted by Crippen LogP contribution is 2.26. The quantitative estimate of drug-likeness (QED) is 0.273. The van der Waals surface area contributed by atoms with Crippen LogP contribution in [-0.4, -0.2) is 55.8 Å². The largest absolute Gasteiger partial charge is 0.494 e. The molecule has 0 aliphatic carbocycles. The monoisotopic (exact) mass is 491 g/mol. The fourth-order valence-corrected chi connectivity index (χ4v) is 4.68. The van der Waals surface area contributed by atoms with Crippen molar-refractivity contribution in [2.45, 2.75) is 32.6 Å². The standard InChI is InChI=1S/C26H33N7O3/c1-2-36-19-9-7-18(8-10-19)29-23-22(24(34)25(23)35)28-12-11-27-20-17-21(32-13-3-4-14-32)31-26(30-20)33-15-5-6-16-33/h7-10,17,28-29H,2-6,11-16H2,1H3,(H,27,30,31). The van der Waals surface area contributed by atoms with E-state index in [2.05, 4.69) is 25.8 Å². The highest BCUT2D eigenvalue weighted by Gasteiger charge is 2.22. The summed E-state index contributed by atoms with van der Waals surface area (Å²) in [5.41, 5.74) is 0.308. The SMILES string of the molecule is CCOc1ccc(Nc2c(NCCNc3cc(N4CCCC4)nc(N4CCCC4)n3)c(=O)c2=O)cc1. The second kappa shape index (κ2) is 10.8. The minimum absolute atomic E-state index is 0.291. The molecule has 3 N–H and O–H groups in total. The zero-order valence-electron chi connectivity index (χ0n) is 20.7. The van der Waals surface area contributed by atoms with Gasteiger partial charge in [0.2, 0.25) is 5.95 Å². The third-order valence-electron chi connectivity index (χ3n) is 6.60. The average Bonchev–Trinajstić information content (AvgIpc) is 3.63. The maximum Gasteiger partial charge on any atom is 0.253 e. The summed E-state index contributed by atoms with van der Waals surface area (Å²) >= 11 is 0. The van der Waals surface area contributed by atoms with Crippen molar-refractivity contribution in [1.82, 2.24) is 9.97 Å². The van der Waals surface area contributed by atoms with Gasteiger partial charge in [-0.15, -0.1) is 0 Å². The Morgan fingerprint density at radius 2 is 1.47 bits per heavy atom. The Hall–Kier alpha value is -3.82. The van der Waals surface area contributed by atoms with Crippen LogP contribution >= 0.6 is 0 Å². The Bertz CT molecular complexity index is 1210. The molecule has 5 rings (SSSR count). The molecule has 10 heteroatoms. The summed E-state index contributed by atoms with van der Waals surface area (Å²) < 4.78 is 5.45. The van der Waals surface area contributed by atoms with Crippen molar-refractivity contribution in [2.75, 3.05) is 71.6 Å². The number of nitrogens with one attached hydrogen (secondary N) is 3. The van der Waals surface area contributed by atoms with E-state index in [0.717, 1.165) is 55.2 Å². The van der Waals surface area contributed by atoms with Crippen LogP contribution in [0.2, 0.25) is 0 Å². The molecule has 2 fully saturated rings. The van der Waals surface area contributed by atoms with Gasteiger partial charge in [0.1, 0.15) is 28.8 Å². The van der Waals surface area contributed by atoms with Crippen molar-refractivity contribution in [2.24, 2.45) is 0 Å². The minimum atomic E-state index is -0.513. The highest BCUT2D eigenvalue weighted by molar-refractivity contribution is 5.78. The molecule has 3 aromatic rings. The van der Waals surface area contributed by atoms with Gasteiger partial charge >= 0.3 is 0 Å². The molecule has 3 heterocycles. The van der Waals surface area contributed by atoms with Crippen LogP contribution < -0.4 is 41.3 Å².